The lowest BCUT2D eigenvalue weighted by atomic mass is 10.0. The van der Waals surface area contributed by atoms with E-state index in [9.17, 15) is 9.59 Å². The van der Waals surface area contributed by atoms with E-state index >= 15 is 0 Å². The fraction of sp³-hybridized carbons (Fsp3) is 0.364. The third kappa shape index (κ3) is 5.26. The Kier molecular flexibility index (Phi) is 8.03. The molecule has 1 saturated heterocycles. The molecule has 5 rings (SSSR count). The zero-order valence-corrected chi connectivity index (χ0v) is 24.1. The highest BCUT2D eigenvalue weighted by atomic mass is 16.5. The SMILES string of the molecule is CCOCN(C(=O)Cn1c(C2CC(=O)N(c3ccc(C)cc3C)C2)nc2ccccc21)c1c(C)cccc1CC. The predicted molar refractivity (Wildman–Crippen MR) is 160 cm³/mol. The number of benzene rings is 3. The topological polar surface area (TPSA) is 67.7 Å². The molecule has 1 aromatic heterocycles. The molecule has 1 unspecified atom stereocenters. The first kappa shape index (κ1) is 27.6. The molecular weight excluding hydrogens is 500 g/mol. The van der Waals surface area contributed by atoms with E-state index in [2.05, 4.69) is 26.0 Å². The summed E-state index contributed by atoms with van der Waals surface area (Å²) < 4.78 is 7.79. The van der Waals surface area contributed by atoms with Crippen LogP contribution in [0.4, 0.5) is 11.4 Å². The molecule has 40 heavy (non-hydrogen) atoms. The van der Waals surface area contributed by atoms with Crippen molar-refractivity contribution in [3.05, 3.63) is 88.7 Å². The number of hydrogen-bond acceptors (Lipinski definition) is 4. The Balaban J connectivity index is 1.51. The van der Waals surface area contributed by atoms with Gasteiger partial charge < -0.3 is 14.2 Å². The van der Waals surface area contributed by atoms with Crippen LogP contribution in [0.25, 0.3) is 11.0 Å². The predicted octanol–water partition coefficient (Wildman–Crippen LogP) is 6.07. The number of nitrogens with zero attached hydrogens (tertiary/aromatic N) is 4. The average Bonchev–Trinajstić information content (AvgIpc) is 3.50. The molecule has 0 spiro atoms. The summed E-state index contributed by atoms with van der Waals surface area (Å²) in [6.45, 7) is 11.5. The molecule has 208 valence electrons. The van der Waals surface area contributed by atoms with E-state index in [0.29, 0.717) is 19.6 Å². The number of fused-ring (bicyclic) bond motifs is 1. The van der Waals surface area contributed by atoms with Crippen molar-refractivity contribution in [2.45, 2.75) is 59.9 Å². The lowest BCUT2D eigenvalue weighted by Crippen LogP contribution is -2.37. The quantitative estimate of drug-likeness (QED) is 0.243. The van der Waals surface area contributed by atoms with E-state index in [-0.39, 0.29) is 31.0 Å². The maximum Gasteiger partial charge on any atom is 0.248 e. The molecule has 2 heterocycles. The van der Waals surface area contributed by atoms with Gasteiger partial charge in [-0.15, -0.1) is 0 Å². The van der Waals surface area contributed by atoms with Crippen molar-refractivity contribution in [1.82, 2.24) is 9.55 Å². The van der Waals surface area contributed by atoms with Crippen LogP contribution in [-0.2, 0) is 27.3 Å². The number of rotatable bonds is 9. The van der Waals surface area contributed by atoms with E-state index in [1.165, 1.54) is 5.56 Å². The molecule has 4 aromatic rings. The van der Waals surface area contributed by atoms with Crippen LogP contribution < -0.4 is 9.80 Å². The summed E-state index contributed by atoms with van der Waals surface area (Å²) in [6.07, 6.45) is 1.16. The molecule has 0 aliphatic carbocycles. The molecule has 1 aliphatic rings. The van der Waals surface area contributed by atoms with Gasteiger partial charge in [0.05, 0.1) is 16.7 Å². The Labute approximate surface area is 236 Å². The molecule has 2 amide bonds. The number of hydrogen-bond donors (Lipinski definition) is 0. The Hall–Kier alpha value is -3.97. The zero-order chi connectivity index (χ0) is 28.4. The van der Waals surface area contributed by atoms with Crippen LogP contribution >= 0.6 is 0 Å². The monoisotopic (exact) mass is 538 g/mol. The normalized spacial score (nSPS) is 15.3. The third-order valence-electron chi connectivity index (χ3n) is 7.81. The highest BCUT2D eigenvalue weighted by Crippen LogP contribution is 2.35. The Bertz CT molecular complexity index is 1560. The molecule has 1 fully saturated rings. The van der Waals surface area contributed by atoms with Crippen LogP contribution in [0.2, 0.25) is 0 Å². The highest BCUT2D eigenvalue weighted by Gasteiger charge is 2.36. The maximum absolute atomic E-state index is 14.1. The van der Waals surface area contributed by atoms with Gasteiger partial charge in [0.2, 0.25) is 11.8 Å². The summed E-state index contributed by atoms with van der Waals surface area (Å²) in [7, 11) is 0. The lowest BCUT2D eigenvalue weighted by molar-refractivity contribution is -0.120. The average molecular weight is 539 g/mol. The Morgan fingerprint density at radius 1 is 1.02 bits per heavy atom. The summed E-state index contributed by atoms with van der Waals surface area (Å²) in [4.78, 5) is 36.0. The number of amides is 2. The van der Waals surface area contributed by atoms with Crippen LogP contribution in [0.1, 0.15) is 54.3 Å². The molecule has 1 aliphatic heterocycles. The van der Waals surface area contributed by atoms with Crippen molar-refractivity contribution in [2.75, 3.05) is 29.7 Å². The second-order valence-electron chi connectivity index (χ2n) is 10.6. The largest absolute Gasteiger partial charge is 0.361 e. The fourth-order valence-corrected chi connectivity index (χ4v) is 5.85. The summed E-state index contributed by atoms with van der Waals surface area (Å²) >= 11 is 0. The van der Waals surface area contributed by atoms with E-state index in [4.69, 9.17) is 9.72 Å². The summed E-state index contributed by atoms with van der Waals surface area (Å²) in [5.41, 5.74) is 7.94. The first-order valence-corrected chi connectivity index (χ1v) is 14.1. The van der Waals surface area contributed by atoms with Gasteiger partial charge in [-0.05, 0) is 69.0 Å². The molecule has 7 heteroatoms. The van der Waals surface area contributed by atoms with Crippen molar-refractivity contribution in [2.24, 2.45) is 0 Å². The van der Waals surface area contributed by atoms with Crippen LogP contribution in [0.3, 0.4) is 0 Å². The number of ether oxygens (including phenoxy) is 1. The fourth-order valence-electron chi connectivity index (χ4n) is 5.85. The minimum Gasteiger partial charge on any atom is -0.361 e. The molecule has 1 atom stereocenters. The van der Waals surface area contributed by atoms with Gasteiger partial charge in [0.1, 0.15) is 19.1 Å². The van der Waals surface area contributed by atoms with Crippen LogP contribution in [0.5, 0.6) is 0 Å². The molecular formula is C33H38N4O3. The summed E-state index contributed by atoms with van der Waals surface area (Å²) in [5.74, 6) is 0.648. The lowest BCUT2D eigenvalue weighted by Gasteiger charge is -2.27. The molecule has 3 aromatic carbocycles. The van der Waals surface area contributed by atoms with Gasteiger partial charge >= 0.3 is 0 Å². The first-order valence-electron chi connectivity index (χ1n) is 14.1. The Morgan fingerprint density at radius 3 is 2.58 bits per heavy atom. The highest BCUT2D eigenvalue weighted by molar-refractivity contribution is 5.98. The van der Waals surface area contributed by atoms with E-state index in [1.807, 2.05) is 78.8 Å². The molecule has 0 N–H and O–H groups in total. The number of aromatic nitrogens is 2. The van der Waals surface area contributed by atoms with Gasteiger partial charge in [-0.3, -0.25) is 14.5 Å². The zero-order valence-electron chi connectivity index (χ0n) is 24.1. The van der Waals surface area contributed by atoms with Gasteiger partial charge in [-0.25, -0.2) is 4.98 Å². The van der Waals surface area contributed by atoms with E-state index < -0.39 is 0 Å². The van der Waals surface area contributed by atoms with Crippen molar-refractivity contribution in [1.29, 1.82) is 0 Å². The second kappa shape index (κ2) is 11.6. The molecule has 0 radical (unpaired) electrons. The third-order valence-corrected chi connectivity index (χ3v) is 7.81. The van der Waals surface area contributed by atoms with E-state index in [0.717, 1.165) is 51.3 Å². The number of carbonyl (C=O) groups is 2. The van der Waals surface area contributed by atoms with Gasteiger partial charge in [0, 0.05) is 31.2 Å². The smallest absolute Gasteiger partial charge is 0.248 e. The maximum atomic E-state index is 14.1. The van der Waals surface area contributed by atoms with Crippen LogP contribution in [-0.4, -0.2) is 41.2 Å². The van der Waals surface area contributed by atoms with Crippen LogP contribution in [0.15, 0.2) is 60.7 Å². The van der Waals surface area contributed by atoms with Crippen molar-refractivity contribution in [3.8, 4) is 0 Å². The minimum atomic E-state index is -0.126. The van der Waals surface area contributed by atoms with Gasteiger partial charge in [0.25, 0.3) is 0 Å². The van der Waals surface area contributed by atoms with E-state index in [1.54, 1.807) is 4.90 Å². The van der Waals surface area contributed by atoms with Gasteiger partial charge in [-0.1, -0.05) is 55.0 Å². The number of aryl methyl sites for hydroxylation is 4. The minimum absolute atomic E-state index is 0.0718. The van der Waals surface area contributed by atoms with Gasteiger partial charge in [0.15, 0.2) is 0 Å². The summed E-state index contributed by atoms with van der Waals surface area (Å²) in [5, 5.41) is 0. The number of carbonyl (C=O) groups excluding carboxylic acids is 2. The van der Waals surface area contributed by atoms with Crippen molar-refractivity contribution >= 4 is 34.2 Å². The Morgan fingerprint density at radius 2 is 1.82 bits per heavy atom. The number of imidazole rings is 1. The number of para-hydroxylation sites is 3. The molecule has 0 saturated carbocycles. The first-order chi connectivity index (χ1) is 19.3. The molecule has 0 bridgehead atoms. The van der Waals surface area contributed by atoms with Crippen LogP contribution in [0, 0.1) is 20.8 Å². The van der Waals surface area contributed by atoms with Gasteiger partial charge in [-0.2, -0.15) is 0 Å². The number of anilines is 2. The standard InChI is InChI=1S/C33H38N4O3/c1-6-25-12-10-11-23(4)32(25)37(21-40-7-2)31(39)20-36-29-14-9-8-13-27(29)34-33(36)26-18-30(38)35(19-26)28-16-15-22(3)17-24(28)5/h8-17,26H,6-7,18-21H2,1-5H3. The van der Waals surface area contributed by atoms with Crippen molar-refractivity contribution < 1.29 is 14.3 Å². The van der Waals surface area contributed by atoms with Crippen molar-refractivity contribution in [3.63, 3.8) is 0 Å². The summed E-state index contributed by atoms with van der Waals surface area (Å²) in [6, 6.07) is 20.2. The molecule has 7 nitrogen and oxygen atoms in total. The second-order valence-corrected chi connectivity index (χ2v) is 10.6.